The summed E-state index contributed by atoms with van der Waals surface area (Å²) in [6.07, 6.45) is 0. The third-order valence-electron chi connectivity index (χ3n) is 1.99. The molecule has 0 radical (unpaired) electrons. The molecule has 0 saturated carbocycles. The Kier molecular flexibility index (Phi) is 4.57. The summed E-state index contributed by atoms with van der Waals surface area (Å²) in [5.74, 6) is -0.341. The van der Waals surface area contributed by atoms with Crippen molar-refractivity contribution in [3.05, 3.63) is 27.7 Å². The van der Waals surface area contributed by atoms with Gasteiger partial charge in [0.25, 0.3) is 0 Å². The van der Waals surface area contributed by atoms with Crippen LogP contribution in [0.15, 0.2) is 22.7 Å². The fourth-order valence-electron chi connectivity index (χ4n) is 0.954. The molecule has 15 heavy (non-hydrogen) atoms. The fraction of sp³-hybridized carbons (Fsp3) is 0.300. The Morgan fingerprint density at radius 1 is 1.67 bits per heavy atom. The molecule has 1 aromatic carbocycles. The minimum Gasteiger partial charge on any atom is -0.330 e. The van der Waals surface area contributed by atoms with Crippen molar-refractivity contribution in [1.82, 2.24) is 0 Å². The molecular formula is C10H12BrClN2O. The third kappa shape index (κ3) is 3.48. The van der Waals surface area contributed by atoms with Crippen molar-refractivity contribution in [1.29, 1.82) is 0 Å². The lowest BCUT2D eigenvalue weighted by molar-refractivity contribution is -0.119. The molecule has 0 spiro atoms. The van der Waals surface area contributed by atoms with Gasteiger partial charge in [0.2, 0.25) is 5.91 Å². The molecule has 0 fully saturated rings. The highest BCUT2D eigenvalue weighted by atomic mass is 79.9. The predicted molar refractivity (Wildman–Crippen MR) is 66.0 cm³/mol. The zero-order valence-electron chi connectivity index (χ0n) is 8.26. The topological polar surface area (TPSA) is 55.1 Å². The lowest BCUT2D eigenvalue weighted by Crippen LogP contribution is -2.26. The molecule has 1 atom stereocenters. The normalized spacial score (nSPS) is 12.3. The van der Waals surface area contributed by atoms with Crippen LogP contribution in [0.4, 0.5) is 5.69 Å². The number of benzene rings is 1. The number of nitrogens with two attached hydrogens (primary N) is 1. The number of halogens is 2. The fourth-order valence-corrected chi connectivity index (χ4v) is 1.67. The van der Waals surface area contributed by atoms with Gasteiger partial charge in [0, 0.05) is 16.9 Å². The number of hydrogen-bond acceptors (Lipinski definition) is 2. The number of carbonyl (C=O) groups excluding carboxylic acids is 1. The Balaban J connectivity index is 2.77. The van der Waals surface area contributed by atoms with Crippen LogP contribution >= 0.6 is 27.5 Å². The van der Waals surface area contributed by atoms with E-state index in [0.29, 0.717) is 17.3 Å². The molecule has 82 valence electrons. The van der Waals surface area contributed by atoms with Gasteiger partial charge in [0.05, 0.1) is 10.7 Å². The lowest BCUT2D eigenvalue weighted by Gasteiger charge is -2.11. The average molecular weight is 292 g/mol. The zero-order valence-corrected chi connectivity index (χ0v) is 10.6. The molecule has 0 aliphatic carbocycles. The SMILES string of the molecule is CC(CN)C(=O)Nc1ccc(Br)cc1Cl. The van der Waals surface area contributed by atoms with Gasteiger partial charge in [0.15, 0.2) is 0 Å². The number of nitrogens with one attached hydrogen (secondary N) is 1. The standard InChI is InChI=1S/C10H12BrClN2O/c1-6(5-13)10(15)14-9-3-2-7(11)4-8(9)12/h2-4,6H,5,13H2,1H3,(H,14,15). The van der Waals surface area contributed by atoms with Gasteiger partial charge >= 0.3 is 0 Å². The van der Waals surface area contributed by atoms with Crippen LogP contribution in [0.1, 0.15) is 6.92 Å². The second kappa shape index (κ2) is 5.49. The summed E-state index contributed by atoms with van der Waals surface area (Å²) in [4.78, 5) is 11.5. The van der Waals surface area contributed by atoms with Gasteiger partial charge in [-0.05, 0) is 18.2 Å². The van der Waals surface area contributed by atoms with Gasteiger partial charge in [-0.1, -0.05) is 34.5 Å². The Morgan fingerprint density at radius 2 is 2.33 bits per heavy atom. The second-order valence-electron chi connectivity index (χ2n) is 3.25. The van der Waals surface area contributed by atoms with E-state index < -0.39 is 0 Å². The largest absolute Gasteiger partial charge is 0.330 e. The van der Waals surface area contributed by atoms with Gasteiger partial charge < -0.3 is 11.1 Å². The Hall–Kier alpha value is -0.580. The van der Waals surface area contributed by atoms with E-state index in [1.54, 1.807) is 19.1 Å². The Labute approximate surface area is 102 Å². The van der Waals surface area contributed by atoms with E-state index in [1.165, 1.54) is 0 Å². The van der Waals surface area contributed by atoms with E-state index in [9.17, 15) is 4.79 Å². The van der Waals surface area contributed by atoms with Crippen LogP contribution in [0.2, 0.25) is 5.02 Å². The van der Waals surface area contributed by atoms with Crippen molar-refractivity contribution in [2.24, 2.45) is 11.7 Å². The number of hydrogen-bond donors (Lipinski definition) is 2. The first kappa shape index (κ1) is 12.5. The van der Waals surface area contributed by atoms with E-state index in [-0.39, 0.29) is 11.8 Å². The van der Waals surface area contributed by atoms with Crippen molar-refractivity contribution in [3.63, 3.8) is 0 Å². The Bertz CT molecular complexity index is 370. The van der Waals surface area contributed by atoms with Crippen molar-refractivity contribution in [2.45, 2.75) is 6.92 Å². The summed E-state index contributed by atoms with van der Waals surface area (Å²) in [6.45, 7) is 2.09. The number of anilines is 1. The van der Waals surface area contributed by atoms with Crippen molar-refractivity contribution in [2.75, 3.05) is 11.9 Å². The molecular weight excluding hydrogens is 279 g/mol. The molecule has 1 rings (SSSR count). The first-order valence-electron chi connectivity index (χ1n) is 4.50. The minimum atomic E-state index is -0.218. The van der Waals surface area contributed by atoms with Crippen molar-refractivity contribution < 1.29 is 4.79 Å². The maximum absolute atomic E-state index is 11.5. The van der Waals surface area contributed by atoms with Crippen molar-refractivity contribution >= 4 is 39.1 Å². The summed E-state index contributed by atoms with van der Waals surface area (Å²) in [5.41, 5.74) is 5.99. The molecule has 0 bridgehead atoms. The summed E-state index contributed by atoms with van der Waals surface area (Å²) in [7, 11) is 0. The monoisotopic (exact) mass is 290 g/mol. The summed E-state index contributed by atoms with van der Waals surface area (Å²) < 4.78 is 0.873. The first-order chi connectivity index (χ1) is 7.04. The molecule has 0 aromatic heterocycles. The maximum Gasteiger partial charge on any atom is 0.228 e. The van der Waals surface area contributed by atoms with Crippen LogP contribution in [-0.2, 0) is 4.79 Å². The first-order valence-corrected chi connectivity index (χ1v) is 5.67. The van der Waals surface area contributed by atoms with Gasteiger partial charge in [-0.2, -0.15) is 0 Å². The molecule has 1 unspecified atom stereocenters. The van der Waals surface area contributed by atoms with E-state index in [1.807, 2.05) is 6.07 Å². The second-order valence-corrected chi connectivity index (χ2v) is 4.57. The maximum atomic E-state index is 11.5. The molecule has 0 heterocycles. The number of rotatable bonds is 3. The highest BCUT2D eigenvalue weighted by Crippen LogP contribution is 2.25. The van der Waals surface area contributed by atoms with Gasteiger partial charge in [-0.25, -0.2) is 0 Å². The number of amides is 1. The molecule has 0 aliphatic heterocycles. The van der Waals surface area contributed by atoms with Gasteiger partial charge in [0.1, 0.15) is 0 Å². The molecule has 1 amide bonds. The molecule has 0 aliphatic rings. The molecule has 3 N–H and O–H groups in total. The minimum absolute atomic E-state index is 0.123. The average Bonchev–Trinajstić information content (AvgIpc) is 2.20. The van der Waals surface area contributed by atoms with Gasteiger partial charge in [-0.3, -0.25) is 4.79 Å². The summed E-state index contributed by atoms with van der Waals surface area (Å²) in [5, 5.41) is 3.22. The van der Waals surface area contributed by atoms with Crippen LogP contribution in [0.5, 0.6) is 0 Å². The number of carbonyl (C=O) groups is 1. The third-order valence-corrected chi connectivity index (χ3v) is 2.80. The summed E-state index contributed by atoms with van der Waals surface area (Å²) >= 11 is 9.23. The van der Waals surface area contributed by atoms with E-state index in [0.717, 1.165) is 4.47 Å². The lowest BCUT2D eigenvalue weighted by atomic mass is 10.1. The van der Waals surface area contributed by atoms with Gasteiger partial charge in [-0.15, -0.1) is 0 Å². The highest BCUT2D eigenvalue weighted by molar-refractivity contribution is 9.10. The molecule has 3 nitrogen and oxygen atoms in total. The zero-order chi connectivity index (χ0) is 11.4. The smallest absolute Gasteiger partial charge is 0.228 e. The molecule has 0 saturated heterocycles. The molecule has 1 aromatic rings. The van der Waals surface area contributed by atoms with Crippen LogP contribution in [0.3, 0.4) is 0 Å². The quantitative estimate of drug-likeness (QED) is 0.899. The van der Waals surface area contributed by atoms with Crippen LogP contribution in [-0.4, -0.2) is 12.5 Å². The highest BCUT2D eigenvalue weighted by Gasteiger charge is 2.12. The Morgan fingerprint density at radius 3 is 2.87 bits per heavy atom. The van der Waals surface area contributed by atoms with E-state index >= 15 is 0 Å². The van der Waals surface area contributed by atoms with Crippen molar-refractivity contribution in [3.8, 4) is 0 Å². The van der Waals surface area contributed by atoms with Crippen LogP contribution in [0.25, 0.3) is 0 Å². The van der Waals surface area contributed by atoms with E-state index in [4.69, 9.17) is 17.3 Å². The predicted octanol–water partition coefficient (Wildman–Crippen LogP) is 2.64. The van der Waals surface area contributed by atoms with Crippen LogP contribution < -0.4 is 11.1 Å². The van der Waals surface area contributed by atoms with Crippen LogP contribution in [0, 0.1) is 5.92 Å². The molecule has 5 heteroatoms. The van der Waals surface area contributed by atoms with E-state index in [2.05, 4.69) is 21.2 Å². The summed E-state index contributed by atoms with van der Waals surface area (Å²) in [6, 6.07) is 5.28.